The summed E-state index contributed by atoms with van der Waals surface area (Å²) in [4.78, 5) is 25.8. The Kier molecular flexibility index (Phi) is 5.36. The summed E-state index contributed by atoms with van der Waals surface area (Å²) in [6.45, 7) is 0. The number of benzene rings is 3. The van der Waals surface area contributed by atoms with Gasteiger partial charge in [-0.05, 0) is 34.8 Å². The number of carboxylic acids is 1. The first-order valence-electron chi connectivity index (χ1n) is 11.0. The van der Waals surface area contributed by atoms with E-state index in [9.17, 15) is 14.7 Å². The van der Waals surface area contributed by atoms with Gasteiger partial charge < -0.3 is 9.84 Å². The number of ether oxygens (including phenoxy) is 1. The topological polar surface area (TPSA) is 63.6 Å². The van der Waals surface area contributed by atoms with Crippen LogP contribution in [0.15, 0.2) is 90.7 Å². The number of allylic oxidation sites excluding steroid dienone is 1. The summed E-state index contributed by atoms with van der Waals surface area (Å²) in [7, 11) is 0. The summed E-state index contributed by atoms with van der Waals surface area (Å²) < 4.78 is 5.91. The molecule has 0 unspecified atom stereocenters. The zero-order chi connectivity index (χ0) is 22.1. The smallest absolute Gasteiger partial charge is 0.315 e. The van der Waals surface area contributed by atoms with Gasteiger partial charge in [0.25, 0.3) is 0 Å². The van der Waals surface area contributed by atoms with Gasteiger partial charge in [-0.3, -0.25) is 9.59 Å². The number of hydrogen-bond donors (Lipinski definition) is 1. The maximum absolute atomic E-state index is 13.5. The summed E-state index contributed by atoms with van der Waals surface area (Å²) in [6, 6.07) is 27.0. The molecule has 3 aromatic rings. The largest absolute Gasteiger partial charge is 0.481 e. The van der Waals surface area contributed by atoms with Crippen LogP contribution in [0.3, 0.4) is 0 Å². The molecule has 0 aliphatic heterocycles. The lowest BCUT2D eigenvalue weighted by Crippen LogP contribution is -2.51. The molecular weight excluding hydrogens is 400 g/mol. The van der Waals surface area contributed by atoms with Crippen molar-refractivity contribution in [2.24, 2.45) is 11.8 Å². The number of aryl methyl sites for hydroxylation is 1. The number of fused-ring (bicyclic) bond motifs is 1. The molecule has 0 amide bonds. The average molecular weight is 424 g/mol. The Balaban J connectivity index is 1.49. The van der Waals surface area contributed by atoms with Crippen molar-refractivity contribution in [3.05, 3.63) is 113 Å². The standard InChI is InChI=1S/C28H24O4/c29-27(30)25-23(19-10-3-1-4-11-19)26(24(25)20-12-5-2-6-13-20)28(31)32-22-16-15-18-9-7-8-14-21(18)17-22/h1-14,17,23-26H,15-16H2,(H,29,30)/t23-,24-,25?,26?/m1/s1. The summed E-state index contributed by atoms with van der Waals surface area (Å²) in [5.41, 5.74) is 4.03. The fourth-order valence-corrected chi connectivity index (χ4v) is 5.21. The van der Waals surface area contributed by atoms with E-state index in [0.717, 1.165) is 23.1 Å². The predicted molar refractivity (Wildman–Crippen MR) is 122 cm³/mol. The van der Waals surface area contributed by atoms with Crippen LogP contribution in [-0.4, -0.2) is 17.0 Å². The maximum atomic E-state index is 13.5. The highest BCUT2D eigenvalue weighted by atomic mass is 16.5. The minimum atomic E-state index is -0.887. The number of esters is 1. The molecule has 1 N–H and O–H groups in total. The van der Waals surface area contributed by atoms with Crippen LogP contribution >= 0.6 is 0 Å². The molecule has 2 aliphatic carbocycles. The van der Waals surface area contributed by atoms with Crippen LogP contribution in [0.5, 0.6) is 0 Å². The lowest BCUT2D eigenvalue weighted by atomic mass is 9.52. The molecule has 0 spiro atoms. The Morgan fingerprint density at radius 2 is 1.28 bits per heavy atom. The summed E-state index contributed by atoms with van der Waals surface area (Å²) in [5.74, 6) is -2.69. The monoisotopic (exact) mass is 424 g/mol. The Hall–Kier alpha value is -3.66. The minimum Gasteiger partial charge on any atom is -0.481 e. The Morgan fingerprint density at radius 3 is 1.88 bits per heavy atom. The second-order valence-corrected chi connectivity index (χ2v) is 8.49. The second-order valence-electron chi connectivity index (χ2n) is 8.49. The average Bonchev–Trinajstić information content (AvgIpc) is 2.79. The molecule has 1 saturated carbocycles. The number of carboxylic acid groups (broad SMARTS) is 1. The SMILES string of the molecule is O=C(O)C1[C@@H](c2ccccc2)C(C(=O)OC2=Cc3ccccc3CC2)[C@@H]1c1ccccc1. The van der Waals surface area contributed by atoms with E-state index >= 15 is 0 Å². The molecule has 0 bridgehead atoms. The number of hydrogen-bond acceptors (Lipinski definition) is 3. The van der Waals surface area contributed by atoms with Crippen LogP contribution in [0.4, 0.5) is 0 Å². The molecule has 2 atom stereocenters. The molecule has 1 fully saturated rings. The Labute approximate surface area is 187 Å². The van der Waals surface area contributed by atoms with E-state index in [2.05, 4.69) is 6.07 Å². The number of aliphatic carboxylic acids is 1. The van der Waals surface area contributed by atoms with Gasteiger partial charge in [0.05, 0.1) is 11.8 Å². The minimum absolute atomic E-state index is 0.351. The van der Waals surface area contributed by atoms with Gasteiger partial charge in [0.1, 0.15) is 5.76 Å². The fraction of sp³-hybridized carbons (Fsp3) is 0.214. The molecule has 0 aromatic heterocycles. The highest BCUT2D eigenvalue weighted by molar-refractivity contribution is 5.85. The lowest BCUT2D eigenvalue weighted by molar-refractivity contribution is -0.161. The van der Waals surface area contributed by atoms with E-state index in [-0.39, 0.29) is 5.97 Å². The van der Waals surface area contributed by atoms with Crippen molar-refractivity contribution in [2.45, 2.75) is 24.7 Å². The van der Waals surface area contributed by atoms with Crippen LogP contribution < -0.4 is 0 Å². The summed E-state index contributed by atoms with van der Waals surface area (Å²) in [6.07, 6.45) is 3.41. The number of rotatable bonds is 5. The van der Waals surface area contributed by atoms with Crippen LogP contribution in [0.2, 0.25) is 0 Å². The van der Waals surface area contributed by atoms with Gasteiger partial charge in [-0.15, -0.1) is 0 Å². The van der Waals surface area contributed by atoms with E-state index in [1.807, 2.05) is 84.9 Å². The van der Waals surface area contributed by atoms with Gasteiger partial charge >= 0.3 is 11.9 Å². The van der Waals surface area contributed by atoms with Gasteiger partial charge in [-0.2, -0.15) is 0 Å². The zero-order valence-corrected chi connectivity index (χ0v) is 17.6. The Bertz CT molecular complexity index is 1120. The molecule has 4 nitrogen and oxygen atoms in total. The van der Waals surface area contributed by atoms with Crippen LogP contribution in [-0.2, 0) is 20.7 Å². The first kappa shape index (κ1) is 20.3. The number of carbonyl (C=O) groups is 2. The van der Waals surface area contributed by atoms with Crippen LogP contribution in [0.25, 0.3) is 6.08 Å². The van der Waals surface area contributed by atoms with Gasteiger partial charge in [-0.1, -0.05) is 84.9 Å². The predicted octanol–water partition coefficient (Wildman–Crippen LogP) is 5.42. The highest BCUT2D eigenvalue weighted by Gasteiger charge is 2.59. The first-order valence-corrected chi connectivity index (χ1v) is 11.0. The van der Waals surface area contributed by atoms with Gasteiger partial charge in [0.15, 0.2) is 0 Å². The normalized spacial score (nSPS) is 23.9. The highest BCUT2D eigenvalue weighted by Crippen LogP contribution is 2.58. The molecule has 4 heteroatoms. The van der Waals surface area contributed by atoms with Crippen LogP contribution in [0, 0.1) is 11.8 Å². The van der Waals surface area contributed by atoms with Crippen molar-refractivity contribution in [1.29, 1.82) is 0 Å². The maximum Gasteiger partial charge on any atom is 0.315 e. The van der Waals surface area contributed by atoms with E-state index in [0.29, 0.717) is 12.2 Å². The third-order valence-electron chi connectivity index (χ3n) is 6.72. The van der Waals surface area contributed by atoms with Crippen molar-refractivity contribution in [2.75, 3.05) is 0 Å². The zero-order valence-electron chi connectivity index (χ0n) is 17.6. The van der Waals surface area contributed by atoms with Gasteiger partial charge in [-0.25, -0.2) is 0 Å². The van der Waals surface area contributed by atoms with Crippen molar-refractivity contribution < 1.29 is 19.4 Å². The first-order chi connectivity index (χ1) is 15.6. The molecule has 2 aliphatic rings. The van der Waals surface area contributed by atoms with E-state index in [4.69, 9.17) is 4.74 Å². The fourth-order valence-electron chi connectivity index (χ4n) is 5.21. The van der Waals surface area contributed by atoms with E-state index in [1.54, 1.807) is 0 Å². The van der Waals surface area contributed by atoms with Crippen molar-refractivity contribution >= 4 is 18.0 Å². The van der Waals surface area contributed by atoms with Gasteiger partial charge in [0, 0.05) is 18.3 Å². The van der Waals surface area contributed by atoms with Gasteiger partial charge in [0.2, 0.25) is 0 Å². The Morgan fingerprint density at radius 1 is 0.719 bits per heavy atom. The van der Waals surface area contributed by atoms with E-state index in [1.165, 1.54) is 5.56 Å². The van der Waals surface area contributed by atoms with E-state index < -0.39 is 29.6 Å². The second kappa shape index (κ2) is 8.46. The number of carbonyl (C=O) groups excluding carboxylic acids is 1. The van der Waals surface area contributed by atoms with Crippen molar-refractivity contribution in [1.82, 2.24) is 0 Å². The summed E-state index contributed by atoms with van der Waals surface area (Å²) >= 11 is 0. The molecule has 5 rings (SSSR count). The third kappa shape index (κ3) is 3.62. The van der Waals surface area contributed by atoms with Crippen molar-refractivity contribution in [3.8, 4) is 0 Å². The lowest BCUT2D eigenvalue weighted by Gasteiger charge is -2.49. The van der Waals surface area contributed by atoms with Crippen LogP contribution in [0.1, 0.15) is 40.5 Å². The molecular formula is C28H24O4. The molecule has 3 aromatic carbocycles. The van der Waals surface area contributed by atoms with Crippen molar-refractivity contribution in [3.63, 3.8) is 0 Å². The quantitative estimate of drug-likeness (QED) is 0.556. The summed E-state index contributed by atoms with van der Waals surface area (Å²) in [5, 5.41) is 10.1. The third-order valence-corrected chi connectivity index (χ3v) is 6.72. The molecule has 32 heavy (non-hydrogen) atoms. The molecule has 0 heterocycles. The molecule has 160 valence electrons. The molecule has 0 saturated heterocycles. The molecule has 0 radical (unpaired) electrons.